The van der Waals surface area contributed by atoms with E-state index in [1.807, 2.05) is 4.90 Å². The predicted molar refractivity (Wildman–Crippen MR) is 81.3 cm³/mol. The minimum atomic E-state index is -0.0649. The molecule has 22 heavy (non-hydrogen) atoms. The van der Waals surface area contributed by atoms with E-state index < -0.39 is 0 Å². The normalized spacial score (nSPS) is 23.4. The topological polar surface area (TPSA) is 74.3 Å². The number of morpholine rings is 1. The summed E-state index contributed by atoms with van der Waals surface area (Å²) in [4.78, 5) is 20.5. The van der Waals surface area contributed by atoms with Crippen LogP contribution in [0.5, 0.6) is 0 Å². The monoisotopic (exact) mass is 307 g/mol. The van der Waals surface area contributed by atoms with Crippen molar-refractivity contribution in [2.24, 2.45) is 0 Å². The molecule has 1 atom stereocenters. The number of amides is 1. The SMILES string of the molecule is CCCc1nc([C@H]2CN(CCN3CCCC3=O)CCO2)n[nH]1. The Kier molecular flexibility index (Phi) is 5.04. The van der Waals surface area contributed by atoms with Crippen LogP contribution in [0.1, 0.15) is 43.9 Å². The molecule has 3 heterocycles. The first-order valence-electron chi connectivity index (χ1n) is 8.29. The smallest absolute Gasteiger partial charge is 0.222 e. The number of likely N-dealkylation sites (tertiary alicyclic amines) is 1. The van der Waals surface area contributed by atoms with Crippen LogP contribution in [0, 0.1) is 0 Å². The molecule has 1 amide bonds. The highest BCUT2D eigenvalue weighted by Crippen LogP contribution is 2.19. The van der Waals surface area contributed by atoms with Crippen LogP contribution in [0.4, 0.5) is 0 Å². The van der Waals surface area contributed by atoms with Crippen molar-refractivity contribution in [3.63, 3.8) is 0 Å². The van der Waals surface area contributed by atoms with Crippen LogP contribution in [-0.2, 0) is 16.0 Å². The van der Waals surface area contributed by atoms with Gasteiger partial charge in [-0.3, -0.25) is 14.8 Å². The molecule has 1 N–H and O–H groups in total. The molecule has 7 nitrogen and oxygen atoms in total. The van der Waals surface area contributed by atoms with Gasteiger partial charge in [0.25, 0.3) is 0 Å². The Morgan fingerprint density at radius 1 is 1.36 bits per heavy atom. The van der Waals surface area contributed by atoms with E-state index in [-0.39, 0.29) is 6.10 Å². The van der Waals surface area contributed by atoms with Crippen molar-refractivity contribution < 1.29 is 9.53 Å². The summed E-state index contributed by atoms with van der Waals surface area (Å²) in [6, 6.07) is 0. The van der Waals surface area contributed by atoms with Gasteiger partial charge in [0.15, 0.2) is 5.82 Å². The third-order valence-corrected chi connectivity index (χ3v) is 4.33. The first kappa shape index (κ1) is 15.4. The molecule has 1 aromatic rings. The van der Waals surface area contributed by atoms with Crippen molar-refractivity contribution in [1.29, 1.82) is 0 Å². The van der Waals surface area contributed by atoms with Crippen LogP contribution in [0.25, 0.3) is 0 Å². The van der Waals surface area contributed by atoms with Crippen LogP contribution < -0.4 is 0 Å². The molecule has 2 aliphatic heterocycles. The summed E-state index contributed by atoms with van der Waals surface area (Å²) in [5.41, 5.74) is 0. The Morgan fingerprint density at radius 3 is 3.05 bits per heavy atom. The van der Waals surface area contributed by atoms with Crippen LogP contribution in [0.2, 0.25) is 0 Å². The van der Waals surface area contributed by atoms with Gasteiger partial charge in [-0.15, -0.1) is 0 Å². The van der Waals surface area contributed by atoms with E-state index in [1.165, 1.54) is 0 Å². The third kappa shape index (κ3) is 3.64. The summed E-state index contributed by atoms with van der Waals surface area (Å²) < 4.78 is 5.81. The minimum Gasteiger partial charge on any atom is -0.367 e. The largest absolute Gasteiger partial charge is 0.367 e. The van der Waals surface area contributed by atoms with Crippen LogP contribution in [0.15, 0.2) is 0 Å². The average Bonchev–Trinajstić information content (AvgIpc) is 3.15. The van der Waals surface area contributed by atoms with Crippen molar-refractivity contribution in [3.8, 4) is 0 Å². The van der Waals surface area contributed by atoms with Crippen molar-refractivity contribution in [2.75, 3.05) is 39.3 Å². The summed E-state index contributed by atoms with van der Waals surface area (Å²) >= 11 is 0. The quantitative estimate of drug-likeness (QED) is 0.839. The van der Waals surface area contributed by atoms with Gasteiger partial charge in [-0.1, -0.05) is 6.92 Å². The van der Waals surface area contributed by atoms with Crippen molar-refractivity contribution >= 4 is 5.91 Å². The van der Waals surface area contributed by atoms with E-state index in [0.717, 1.165) is 63.6 Å². The molecule has 0 aromatic carbocycles. The summed E-state index contributed by atoms with van der Waals surface area (Å²) in [5, 5.41) is 7.28. The zero-order valence-corrected chi connectivity index (χ0v) is 13.3. The molecule has 0 bridgehead atoms. The average molecular weight is 307 g/mol. The molecule has 0 saturated carbocycles. The number of nitrogens with zero attached hydrogens (tertiary/aromatic N) is 4. The molecule has 0 spiro atoms. The summed E-state index contributed by atoms with van der Waals surface area (Å²) in [7, 11) is 0. The maximum absolute atomic E-state index is 11.7. The summed E-state index contributed by atoms with van der Waals surface area (Å²) in [5.74, 6) is 1.98. The maximum atomic E-state index is 11.7. The first-order chi connectivity index (χ1) is 10.8. The predicted octanol–water partition coefficient (Wildman–Crippen LogP) is 0.753. The Morgan fingerprint density at radius 2 is 2.27 bits per heavy atom. The Bertz CT molecular complexity index is 504. The molecule has 2 aliphatic rings. The Labute approximate surface area is 131 Å². The van der Waals surface area contributed by atoms with Gasteiger partial charge in [-0.05, 0) is 12.8 Å². The molecule has 7 heteroatoms. The molecule has 1 aromatic heterocycles. The van der Waals surface area contributed by atoms with Gasteiger partial charge in [0.2, 0.25) is 5.91 Å². The number of carbonyl (C=O) groups excluding carboxylic acids is 1. The zero-order valence-electron chi connectivity index (χ0n) is 13.3. The van der Waals surface area contributed by atoms with Gasteiger partial charge in [-0.25, -0.2) is 4.98 Å². The summed E-state index contributed by atoms with van der Waals surface area (Å²) in [6.07, 6.45) is 3.62. The second-order valence-electron chi connectivity index (χ2n) is 6.03. The number of hydrogen-bond donors (Lipinski definition) is 1. The molecule has 2 saturated heterocycles. The molecular weight excluding hydrogens is 282 g/mol. The molecule has 0 unspecified atom stereocenters. The van der Waals surface area contributed by atoms with E-state index >= 15 is 0 Å². The van der Waals surface area contributed by atoms with E-state index in [9.17, 15) is 4.79 Å². The lowest BCUT2D eigenvalue weighted by Gasteiger charge is -2.32. The second kappa shape index (κ2) is 7.19. The molecule has 0 radical (unpaired) electrons. The number of carbonyl (C=O) groups is 1. The summed E-state index contributed by atoms with van der Waals surface area (Å²) in [6.45, 7) is 7.15. The van der Waals surface area contributed by atoms with Gasteiger partial charge in [0.05, 0.1) is 6.61 Å². The maximum Gasteiger partial charge on any atom is 0.222 e. The third-order valence-electron chi connectivity index (χ3n) is 4.33. The van der Waals surface area contributed by atoms with Crippen molar-refractivity contribution in [1.82, 2.24) is 25.0 Å². The van der Waals surface area contributed by atoms with E-state index in [2.05, 4.69) is 27.0 Å². The lowest BCUT2D eigenvalue weighted by molar-refractivity contribution is -0.128. The number of ether oxygens (including phenoxy) is 1. The first-order valence-corrected chi connectivity index (χ1v) is 8.29. The number of rotatable bonds is 6. The molecule has 0 aliphatic carbocycles. The number of aryl methyl sites for hydroxylation is 1. The molecule has 3 rings (SSSR count). The number of nitrogens with one attached hydrogen (secondary N) is 1. The number of hydrogen-bond acceptors (Lipinski definition) is 5. The van der Waals surface area contributed by atoms with Gasteiger partial charge in [0, 0.05) is 45.6 Å². The Balaban J connectivity index is 1.51. The highest BCUT2D eigenvalue weighted by molar-refractivity contribution is 5.78. The van der Waals surface area contributed by atoms with Crippen LogP contribution >= 0.6 is 0 Å². The molecule has 122 valence electrons. The highest BCUT2D eigenvalue weighted by Gasteiger charge is 2.26. The molecular formula is C15H25N5O2. The van der Waals surface area contributed by atoms with Gasteiger partial charge in [-0.2, -0.15) is 5.10 Å². The minimum absolute atomic E-state index is 0.0649. The van der Waals surface area contributed by atoms with E-state index in [1.54, 1.807) is 0 Å². The lowest BCUT2D eigenvalue weighted by Crippen LogP contribution is -2.43. The van der Waals surface area contributed by atoms with E-state index in [0.29, 0.717) is 18.9 Å². The van der Waals surface area contributed by atoms with Crippen LogP contribution in [-0.4, -0.2) is 70.2 Å². The lowest BCUT2D eigenvalue weighted by atomic mass is 10.2. The van der Waals surface area contributed by atoms with Crippen LogP contribution in [0.3, 0.4) is 0 Å². The van der Waals surface area contributed by atoms with Gasteiger partial charge < -0.3 is 9.64 Å². The second-order valence-corrected chi connectivity index (χ2v) is 6.03. The van der Waals surface area contributed by atoms with Crippen molar-refractivity contribution in [2.45, 2.75) is 38.7 Å². The fourth-order valence-corrected chi connectivity index (χ4v) is 3.07. The van der Waals surface area contributed by atoms with Crippen molar-refractivity contribution in [3.05, 3.63) is 11.6 Å². The zero-order chi connectivity index (χ0) is 15.4. The fourth-order valence-electron chi connectivity index (χ4n) is 3.07. The van der Waals surface area contributed by atoms with Gasteiger partial charge in [0.1, 0.15) is 11.9 Å². The number of aromatic amines is 1. The Hall–Kier alpha value is -1.47. The standard InChI is InChI=1S/C15H25N5O2/c1-2-4-13-16-15(18-17-13)12-11-19(9-10-22-12)7-8-20-6-3-5-14(20)21/h12H,2-11H2,1H3,(H,16,17,18)/t12-/m1/s1. The van der Waals surface area contributed by atoms with Gasteiger partial charge >= 0.3 is 0 Å². The molecule has 2 fully saturated rings. The van der Waals surface area contributed by atoms with E-state index in [4.69, 9.17) is 4.74 Å². The highest BCUT2D eigenvalue weighted by atomic mass is 16.5. The fraction of sp³-hybridized carbons (Fsp3) is 0.800. The number of H-pyrrole nitrogens is 1. The number of aromatic nitrogens is 3.